The zero-order chi connectivity index (χ0) is 66.9. The SMILES string of the molecule is CCCCCCC/C=C\C/C=C\C/C=C\CCCCCCCCCCCCCCCCCCC(=O)OC(COC(=O)CCCCCCCCCCCCCCCCCCCCCCCCCCC/C=C\CCCCCCCCCC)COP(=O)(O)OCC[N+](C)(C)C. The molecule has 0 aromatic heterocycles. The highest BCUT2D eigenvalue weighted by Gasteiger charge is 2.27. The molecule has 0 amide bonds. The molecule has 0 saturated carbocycles. The van der Waals surface area contributed by atoms with Crippen molar-refractivity contribution in [1.82, 2.24) is 0 Å². The Bertz CT molecular complexity index is 1690. The summed E-state index contributed by atoms with van der Waals surface area (Å²) in [5.74, 6) is -0.775. The van der Waals surface area contributed by atoms with Gasteiger partial charge in [0.05, 0.1) is 27.7 Å². The van der Waals surface area contributed by atoms with E-state index in [-0.39, 0.29) is 25.6 Å². The molecule has 0 aliphatic carbocycles. The van der Waals surface area contributed by atoms with E-state index in [1.807, 2.05) is 21.1 Å². The largest absolute Gasteiger partial charge is 0.472 e. The van der Waals surface area contributed by atoms with Crippen LogP contribution >= 0.6 is 7.82 Å². The van der Waals surface area contributed by atoms with Gasteiger partial charge in [-0.1, -0.05) is 371 Å². The van der Waals surface area contributed by atoms with E-state index < -0.39 is 26.5 Å². The second-order valence-corrected chi connectivity index (χ2v) is 30.3. The number of rotatable bonds is 76. The first-order valence-electron chi connectivity index (χ1n) is 40.4. The molecule has 542 valence electrons. The molecule has 1 N–H and O–H groups in total. The molecule has 2 unspecified atom stereocenters. The summed E-state index contributed by atoms with van der Waals surface area (Å²) < 4.78 is 34.8. The number of carbonyl (C=O) groups excluding carboxylic acids is 2. The lowest BCUT2D eigenvalue weighted by molar-refractivity contribution is -0.870. The van der Waals surface area contributed by atoms with Crippen LogP contribution in [0.1, 0.15) is 412 Å². The molecule has 9 nitrogen and oxygen atoms in total. The average molecular weight is 1320 g/mol. The minimum absolute atomic E-state index is 0.0339. The summed E-state index contributed by atoms with van der Waals surface area (Å²) in [6.07, 6.45) is 96.9. The van der Waals surface area contributed by atoms with Crippen molar-refractivity contribution in [2.45, 2.75) is 418 Å². The molecule has 0 radical (unpaired) electrons. The van der Waals surface area contributed by atoms with E-state index in [1.54, 1.807) is 0 Å². The lowest BCUT2D eigenvalue weighted by Gasteiger charge is -2.24. The minimum Gasteiger partial charge on any atom is -0.462 e. The molecule has 0 spiro atoms. The molecule has 0 aromatic carbocycles. The Morgan fingerprint density at radius 3 is 0.880 bits per heavy atom. The van der Waals surface area contributed by atoms with Crippen LogP contribution in [-0.4, -0.2) is 74.9 Å². The smallest absolute Gasteiger partial charge is 0.462 e. The van der Waals surface area contributed by atoms with Crippen molar-refractivity contribution in [3.05, 3.63) is 48.6 Å². The molecule has 0 aliphatic rings. The quantitative estimate of drug-likeness (QED) is 0.0211. The monoisotopic (exact) mass is 1320 g/mol. The number of phosphoric acid groups is 1. The molecule has 10 heteroatoms. The zero-order valence-electron chi connectivity index (χ0n) is 62.1. The fourth-order valence-corrected chi connectivity index (χ4v) is 12.9. The first-order valence-corrected chi connectivity index (χ1v) is 41.9. The molecule has 0 aliphatic heterocycles. The number of quaternary nitrogens is 1. The van der Waals surface area contributed by atoms with Gasteiger partial charge in [-0.15, -0.1) is 0 Å². The van der Waals surface area contributed by atoms with Crippen molar-refractivity contribution in [3.8, 4) is 0 Å². The molecule has 0 fully saturated rings. The fraction of sp³-hybridized carbons (Fsp3) is 0.878. The highest BCUT2D eigenvalue weighted by atomic mass is 31.2. The Labute approximate surface area is 573 Å². The standard InChI is InChI=1S/C82H156NO8P/c1-6-8-10-12-14-16-18-20-22-24-26-28-30-32-34-36-38-39-40-41-42-43-45-46-48-50-52-54-56-58-60-62-64-66-68-70-72-74-81(84)88-78-80(79-90-92(86,87)89-77-76-83(3,4)5)91-82(85)75-73-71-69-67-65-63-61-59-57-55-53-51-49-47-44-37-35-33-31-29-27-25-23-21-19-17-15-13-11-9-7-2/h19,21,24-27,31,33,80H,6-18,20,22-23,28-30,32,34-79H2,1-5H3/p+1/b21-19-,26-24-,27-25-,33-31-. The third-order valence-electron chi connectivity index (χ3n) is 18.3. The summed E-state index contributed by atoms with van der Waals surface area (Å²) in [5, 5.41) is 0. The van der Waals surface area contributed by atoms with Gasteiger partial charge < -0.3 is 18.9 Å². The van der Waals surface area contributed by atoms with Gasteiger partial charge in [0, 0.05) is 12.8 Å². The topological polar surface area (TPSA) is 108 Å². The third-order valence-corrected chi connectivity index (χ3v) is 19.3. The zero-order valence-corrected chi connectivity index (χ0v) is 63.0. The number of unbranched alkanes of at least 4 members (excludes halogenated alkanes) is 54. The van der Waals surface area contributed by atoms with E-state index in [4.69, 9.17) is 18.5 Å². The Balaban J connectivity index is 3.91. The molecule has 92 heavy (non-hydrogen) atoms. The predicted octanol–water partition coefficient (Wildman–Crippen LogP) is 26.7. The lowest BCUT2D eigenvalue weighted by Crippen LogP contribution is -2.37. The van der Waals surface area contributed by atoms with E-state index in [2.05, 4.69) is 62.5 Å². The van der Waals surface area contributed by atoms with Gasteiger partial charge in [-0.25, -0.2) is 4.57 Å². The van der Waals surface area contributed by atoms with Gasteiger partial charge in [-0.05, 0) is 77.0 Å². The van der Waals surface area contributed by atoms with E-state index >= 15 is 0 Å². The number of hydrogen-bond acceptors (Lipinski definition) is 7. The number of hydrogen-bond donors (Lipinski definition) is 1. The normalized spacial score (nSPS) is 13.2. The molecule has 0 bridgehead atoms. The van der Waals surface area contributed by atoms with Crippen LogP contribution in [0, 0.1) is 0 Å². The molecule has 0 aromatic rings. The van der Waals surface area contributed by atoms with Crippen LogP contribution in [0.2, 0.25) is 0 Å². The van der Waals surface area contributed by atoms with E-state index in [0.29, 0.717) is 23.9 Å². The second-order valence-electron chi connectivity index (χ2n) is 28.8. The van der Waals surface area contributed by atoms with Crippen molar-refractivity contribution in [1.29, 1.82) is 0 Å². The van der Waals surface area contributed by atoms with Crippen molar-refractivity contribution < 1.29 is 42.1 Å². The number of likely N-dealkylation sites (N-methyl/N-ethyl adjacent to an activating group) is 1. The number of nitrogens with zero attached hydrogens (tertiary/aromatic N) is 1. The molecule has 0 rings (SSSR count). The van der Waals surface area contributed by atoms with Gasteiger partial charge in [0.1, 0.15) is 19.8 Å². The van der Waals surface area contributed by atoms with Crippen LogP contribution in [-0.2, 0) is 32.7 Å². The van der Waals surface area contributed by atoms with Crippen LogP contribution in [0.5, 0.6) is 0 Å². The maximum atomic E-state index is 12.9. The first kappa shape index (κ1) is 90.0. The number of allylic oxidation sites excluding steroid dienone is 8. The van der Waals surface area contributed by atoms with Crippen molar-refractivity contribution in [2.75, 3.05) is 47.5 Å². The average Bonchev–Trinajstić information content (AvgIpc) is 2.14. The predicted molar refractivity (Wildman–Crippen MR) is 400 cm³/mol. The van der Waals surface area contributed by atoms with Crippen molar-refractivity contribution in [3.63, 3.8) is 0 Å². The number of ether oxygens (including phenoxy) is 2. The molecule has 0 heterocycles. The summed E-state index contributed by atoms with van der Waals surface area (Å²) in [6.45, 7) is 4.49. The van der Waals surface area contributed by atoms with Gasteiger partial charge in [0.2, 0.25) is 0 Å². The van der Waals surface area contributed by atoms with Gasteiger partial charge in [-0.2, -0.15) is 0 Å². The van der Waals surface area contributed by atoms with Crippen LogP contribution in [0.3, 0.4) is 0 Å². The van der Waals surface area contributed by atoms with Gasteiger partial charge in [0.15, 0.2) is 6.10 Å². The Morgan fingerprint density at radius 1 is 0.337 bits per heavy atom. The maximum absolute atomic E-state index is 12.9. The summed E-state index contributed by atoms with van der Waals surface area (Å²) in [7, 11) is 1.50. The molecule has 0 saturated heterocycles. The fourth-order valence-electron chi connectivity index (χ4n) is 12.1. The number of phosphoric ester groups is 1. The number of esters is 2. The Hall–Kier alpha value is -2.03. The van der Waals surface area contributed by atoms with E-state index in [0.717, 1.165) is 44.9 Å². The summed E-state index contributed by atoms with van der Waals surface area (Å²) >= 11 is 0. The first-order chi connectivity index (χ1) is 45.0. The summed E-state index contributed by atoms with van der Waals surface area (Å²) in [5.41, 5.74) is 0. The second kappa shape index (κ2) is 73.2. The minimum atomic E-state index is -4.39. The number of carbonyl (C=O) groups is 2. The Kier molecular flexibility index (Phi) is 71.6. The van der Waals surface area contributed by atoms with Crippen LogP contribution in [0.4, 0.5) is 0 Å². The highest BCUT2D eigenvalue weighted by molar-refractivity contribution is 7.47. The van der Waals surface area contributed by atoms with Crippen LogP contribution in [0.25, 0.3) is 0 Å². The third kappa shape index (κ3) is 77.0. The van der Waals surface area contributed by atoms with Crippen LogP contribution < -0.4 is 0 Å². The van der Waals surface area contributed by atoms with E-state index in [9.17, 15) is 19.0 Å². The summed E-state index contributed by atoms with van der Waals surface area (Å²) in [4.78, 5) is 36.0. The van der Waals surface area contributed by atoms with Crippen molar-refractivity contribution in [2.24, 2.45) is 0 Å². The maximum Gasteiger partial charge on any atom is 0.472 e. The van der Waals surface area contributed by atoms with Gasteiger partial charge >= 0.3 is 19.8 Å². The molecular formula is C82H157NO8P+. The van der Waals surface area contributed by atoms with E-state index in [1.165, 1.54) is 334 Å². The van der Waals surface area contributed by atoms with Crippen LogP contribution in [0.15, 0.2) is 48.6 Å². The van der Waals surface area contributed by atoms with Gasteiger partial charge in [-0.3, -0.25) is 18.6 Å². The highest BCUT2D eigenvalue weighted by Crippen LogP contribution is 2.43. The van der Waals surface area contributed by atoms with Crippen molar-refractivity contribution >= 4 is 19.8 Å². The summed E-state index contributed by atoms with van der Waals surface area (Å²) in [6, 6.07) is 0. The molecular weight excluding hydrogens is 1160 g/mol. The Morgan fingerprint density at radius 2 is 0.587 bits per heavy atom. The lowest BCUT2D eigenvalue weighted by atomic mass is 10.0. The molecule has 2 atom stereocenters. The van der Waals surface area contributed by atoms with Gasteiger partial charge in [0.25, 0.3) is 0 Å².